The molecule has 0 saturated heterocycles. The number of alkyl halides is 1. The second kappa shape index (κ2) is 8.87. The first-order valence-electron chi connectivity index (χ1n) is 6.99. The highest BCUT2D eigenvalue weighted by atomic mass is 127. The molecule has 126 valence electrons. The Morgan fingerprint density at radius 3 is 1.26 bits per heavy atom. The highest BCUT2D eigenvalue weighted by Crippen LogP contribution is 2.43. The maximum absolute atomic E-state index is 9.85. The van der Waals surface area contributed by atoms with E-state index >= 15 is 0 Å². The second-order valence-corrected chi connectivity index (χ2v) is 8.62. The molecule has 2 aromatic carbocycles. The van der Waals surface area contributed by atoms with E-state index in [1.165, 1.54) is 0 Å². The van der Waals surface area contributed by atoms with Crippen molar-refractivity contribution >= 4 is 86.3 Å². The second-order valence-electron chi connectivity index (χ2n) is 5.20. The monoisotopic (exact) mass is 683 g/mol. The van der Waals surface area contributed by atoms with E-state index in [1.54, 1.807) is 0 Å². The van der Waals surface area contributed by atoms with Gasteiger partial charge in [-0.25, -0.2) is 0 Å². The van der Waals surface area contributed by atoms with Gasteiger partial charge in [0.25, 0.3) is 0 Å². The van der Waals surface area contributed by atoms with E-state index in [2.05, 4.69) is 77.6 Å². The summed E-state index contributed by atoms with van der Waals surface area (Å²) in [4.78, 5) is 0.470. The SMILES string of the molecule is CC(C)(c1cc(Br)c(O)c(Br)c1)c1cc(Br)c(O)c(Br)c1.[2H]CI. The van der Waals surface area contributed by atoms with E-state index in [0.717, 1.165) is 11.1 Å². The Labute approximate surface area is 185 Å². The van der Waals surface area contributed by atoms with Gasteiger partial charge in [0.15, 0.2) is 0 Å². The Hall–Kier alpha value is 0.690. The maximum Gasteiger partial charge on any atom is 0.143 e. The molecule has 0 atom stereocenters. The summed E-state index contributed by atoms with van der Waals surface area (Å²) in [7, 11) is 0. The van der Waals surface area contributed by atoms with Gasteiger partial charge in [0.2, 0.25) is 0 Å². The zero-order chi connectivity index (χ0) is 18.7. The van der Waals surface area contributed by atoms with Crippen LogP contribution < -0.4 is 0 Å². The summed E-state index contributed by atoms with van der Waals surface area (Å²) in [5, 5.41) is 19.7. The highest BCUT2D eigenvalue weighted by Gasteiger charge is 2.26. The van der Waals surface area contributed by atoms with E-state index in [-0.39, 0.29) is 16.9 Å². The summed E-state index contributed by atoms with van der Waals surface area (Å²) in [6, 6.07) is 7.59. The van der Waals surface area contributed by atoms with Crippen molar-refractivity contribution in [1.29, 1.82) is 0 Å². The molecule has 7 heteroatoms. The van der Waals surface area contributed by atoms with Crippen molar-refractivity contribution in [3.8, 4) is 11.5 Å². The molecule has 0 amide bonds. The number of benzene rings is 2. The quantitative estimate of drug-likeness (QED) is 0.254. The van der Waals surface area contributed by atoms with Crippen molar-refractivity contribution in [2.24, 2.45) is 0 Å². The summed E-state index contributed by atoms with van der Waals surface area (Å²) < 4.78 is 8.74. The van der Waals surface area contributed by atoms with Crippen molar-refractivity contribution in [1.82, 2.24) is 0 Å². The number of aromatic hydroxyl groups is 2. The third-order valence-corrected chi connectivity index (χ3v) is 5.90. The molecular formula is C16H15Br4IO2. The molecule has 23 heavy (non-hydrogen) atoms. The summed E-state index contributed by atoms with van der Waals surface area (Å²) in [6.45, 7) is 4.17. The first kappa shape index (κ1) is 20.0. The van der Waals surface area contributed by atoms with Crippen LogP contribution in [-0.4, -0.2) is 15.1 Å². The van der Waals surface area contributed by atoms with Gasteiger partial charge in [0, 0.05) is 6.79 Å². The first-order valence-corrected chi connectivity index (χ1v) is 11.0. The van der Waals surface area contributed by atoms with Crippen molar-refractivity contribution in [3.63, 3.8) is 0 Å². The predicted octanol–water partition coefficient (Wildman–Crippen LogP) is 7.52. The van der Waals surface area contributed by atoms with Crippen LogP contribution in [-0.2, 0) is 5.41 Å². The standard InChI is InChI=1S/C15H12Br4O2.CH3I/c1-15(2,7-3-9(16)13(20)10(17)4-7)8-5-11(18)14(21)12(19)6-8;1-2/h3-6,20-21H,1-2H3;1H3/i;1D. The Morgan fingerprint density at radius 1 is 0.826 bits per heavy atom. The fraction of sp³-hybridized carbons (Fsp3) is 0.250. The van der Waals surface area contributed by atoms with Crippen LogP contribution in [0.2, 0.25) is 0 Å². The minimum atomic E-state index is -0.308. The molecule has 2 aromatic rings. The van der Waals surface area contributed by atoms with Gasteiger partial charge in [-0.1, -0.05) is 36.4 Å². The molecule has 0 unspecified atom stereocenters. The van der Waals surface area contributed by atoms with Gasteiger partial charge in [0.05, 0.1) is 17.9 Å². The number of halogens is 5. The number of phenols is 2. The van der Waals surface area contributed by atoms with Crippen LogP contribution in [0.15, 0.2) is 42.2 Å². The van der Waals surface area contributed by atoms with Crippen molar-refractivity contribution in [2.45, 2.75) is 19.3 Å². The third-order valence-electron chi connectivity index (χ3n) is 3.48. The average molecular weight is 687 g/mol. The minimum absolute atomic E-state index is 0.183. The Bertz CT molecular complexity index is 633. The fourth-order valence-electron chi connectivity index (χ4n) is 2.02. The summed E-state index contributed by atoms with van der Waals surface area (Å²) in [6.07, 6.45) is 0. The van der Waals surface area contributed by atoms with Crippen LogP contribution in [0.3, 0.4) is 0 Å². The lowest BCUT2D eigenvalue weighted by Gasteiger charge is -2.27. The Morgan fingerprint density at radius 2 is 1.04 bits per heavy atom. The predicted molar refractivity (Wildman–Crippen MR) is 119 cm³/mol. The average Bonchev–Trinajstić information content (AvgIpc) is 2.49. The molecule has 2 nitrogen and oxygen atoms in total. The summed E-state index contributed by atoms with van der Waals surface area (Å²) in [5.74, 6) is 0.366. The maximum atomic E-state index is 9.85. The van der Waals surface area contributed by atoms with E-state index in [9.17, 15) is 10.2 Å². The van der Waals surface area contributed by atoms with Gasteiger partial charge in [-0.05, 0) is 104 Å². The molecule has 2 N–H and O–H groups in total. The van der Waals surface area contributed by atoms with Gasteiger partial charge in [-0.2, -0.15) is 0 Å². The lowest BCUT2D eigenvalue weighted by molar-refractivity contribution is 0.466. The Balaban J connectivity index is 0.000000891. The highest BCUT2D eigenvalue weighted by molar-refractivity contribution is 14.1. The van der Waals surface area contributed by atoms with Gasteiger partial charge in [-0.15, -0.1) is 0 Å². The molecule has 0 fully saturated rings. The van der Waals surface area contributed by atoms with Crippen molar-refractivity contribution in [3.05, 3.63) is 53.3 Å². The van der Waals surface area contributed by atoms with Crippen LogP contribution >= 0.6 is 86.3 Å². The fourth-order valence-corrected chi connectivity index (χ4v) is 4.39. The molecule has 0 aliphatic rings. The van der Waals surface area contributed by atoms with Crippen molar-refractivity contribution < 1.29 is 11.6 Å². The summed E-state index contributed by atoms with van der Waals surface area (Å²) >= 11 is 15.4. The molecule has 0 bridgehead atoms. The van der Waals surface area contributed by atoms with Crippen LogP contribution in [0.4, 0.5) is 0 Å². The number of hydrogen-bond donors (Lipinski definition) is 2. The van der Waals surface area contributed by atoms with E-state index in [1.807, 2.05) is 46.9 Å². The van der Waals surface area contributed by atoms with Gasteiger partial charge >= 0.3 is 0 Å². The van der Waals surface area contributed by atoms with Crippen LogP contribution in [0.5, 0.6) is 11.5 Å². The summed E-state index contributed by atoms with van der Waals surface area (Å²) in [5.41, 5.74) is 1.75. The lowest BCUT2D eigenvalue weighted by Crippen LogP contribution is -2.19. The molecule has 0 aliphatic carbocycles. The molecular weight excluding hydrogens is 671 g/mol. The van der Waals surface area contributed by atoms with E-state index < -0.39 is 0 Å². The number of rotatable bonds is 2. The molecule has 0 aliphatic heterocycles. The molecule has 0 spiro atoms. The molecule has 0 radical (unpaired) electrons. The zero-order valence-corrected chi connectivity index (χ0v) is 20.8. The van der Waals surface area contributed by atoms with Gasteiger partial charge in [-0.3, -0.25) is 0 Å². The normalized spacial score (nSPS) is 11.5. The van der Waals surface area contributed by atoms with Crippen molar-refractivity contribution in [2.75, 3.05) is 4.91 Å². The topological polar surface area (TPSA) is 40.5 Å². The van der Waals surface area contributed by atoms with Crippen LogP contribution in [0.25, 0.3) is 0 Å². The van der Waals surface area contributed by atoms with Crippen LogP contribution in [0.1, 0.15) is 26.3 Å². The minimum Gasteiger partial charge on any atom is -0.506 e. The molecule has 0 heterocycles. The first-order chi connectivity index (χ1) is 11.1. The number of hydrogen-bond acceptors (Lipinski definition) is 2. The van der Waals surface area contributed by atoms with Gasteiger partial charge < -0.3 is 10.2 Å². The smallest absolute Gasteiger partial charge is 0.143 e. The van der Waals surface area contributed by atoms with E-state index in [0.29, 0.717) is 22.8 Å². The molecule has 0 saturated carbocycles. The zero-order valence-electron chi connectivity index (χ0n) is 13.3. The van der Waals surface area contributed by atoms with Crippen LogP contribution in [0, 0.1) is 0 Å². The van der Waals surface area contributed by atoms with Gasteiger partial charge in [0.1, 0.15) is 11.5 Å². The van der Waals surface area contributed by atoms with E-state index in [4.69, 9.17) is 1.37 Å². The molecule has 2 rings (SSSR count). The third kappa shape index (κ3) is 4.86. The largest absolute Gasteiger partial charge is 0.506 e. The Kier molecular flexibility index (Phi) is 7.72. The number of phenolic OH excluding ortho intramolecular Hbond substituents is 2. The molecule has 0 aromatic heterocycles. The lowest BCUT2D eigenvalue weighted by atomic mass is 9.78.